The number of carbonyl (C=O) groups is 1. The molecule has 0 aromatic heterocycles. The van der Waals surface area contributed by atoms with Crippen molar-refractivity contribution in [3.05, 3.63) is 35.9 Å². The van der Waals surface area contributed by atoms with Gasteiger partial charge in [-0.05, 0) is 32.8 Å². The quantitative estimate of drug-likeness (QED) is 0.708. The SMILES string of the molecule is CC(C)(C)NCCC(=O)N[C@H](CO)Cc1ccccc1. The summed E-state index contributed by atoms with van der Waals surface area (Å²) in [6, 6.07) is 9.64. The third kappa shape index (κ3) is 7.26. The van der Waals surface area contributed by atoms with Gasteiger partial charge in [0.15, 0.2) is 0 Å². The van der Waals surface area contributed by atoms with E-state index in [4.69, 9.17) is 0 Å². The number of carbonyl (C=O) groups excluding carboxylic acids is 1. The molecule has 0 aliphatic rings. The van der Waals surface area contributed by atoms with E-state index in [-0.39, 0.29) is 24.1 Å². The first kappa shape index (κ1) is 16.7. The minimum absolute atomic E-state index is 0.0146. The fourth-order valence-electron chi connectivity index (χ4n) is 1.91. The highest BCUT2D eigenvalue weighted by molar-refractivity contribution is 5.76. The van der Waals surface area contributed by atoms with Crippen molar-refractivity contribution in [3.8, 4) is 0 Å². The third-order valence-electron chi connectivity index (χ3n) is 2.92. The van der Waals surface area contributed by atoms with Crippen molar-refractivity contribution in [3.63, 3.8) is 0 Å². The molecule has 0 aliphatic carbocycles. The molecule has 4 nitrogen and oxygen atoms in total. The van der Waals surface area contributed by atoms with Gasteiger partial charge in [-0.3, -0.25) is 4.79 Å². The van der Waals surface area contributed by atoms with Crippen molar-refractivity contribution in [1.29, 1.82) is 0 Å². The monoisotopic (exact) mass is 278 g/mol. The van der Waals surface area contributed by atoms with Gasteiger partial charge in [0.2, 0.25) is 5.91 Å². The first-order valence-electron chi connectivity index (χ1n) is 7.10. The largest absolute Gasteiger partial charge is 0.394 e. The van der Waals surface area contributed by atoms with E-state index >= 15 is 0 Å². The Balaban J connectivity index is 2.34. The van der Waals surface area contributed by atoms with Gasteiger partial charge in [-0.1, -0.05) is 30.3 Å². The molecule has 0 aliphatic heterocycles. The lowest BCUT2D eigenvalue weighted by Crippen LogP contribution is -2.42. The van der Waals surface area contributed by atoms with Gasteiger partial charge in [-0.25, -0.2) is 0 Å². The lowest BCUT2D eigenvalue weighted by atomic mass is 10.1. The smallest absolute Gasteiger partial charge is 0.221 e. The molecule has 4 heteroatoms. The van der Waals surface area contributed by atoms with Crippen LogP contribution in [0.15, 0.2) is 30.3 Å². The zero-order valence-electron chi connectivity index (χ0n) is 12.6. The molecule has 0 unspecified atom stereocenters. The number of rotatable bonds is 7. The predicted molar refractivity (Wildman–Crippen MR) is 81.5 cm³/mol. The zero-order valence-corrected chi connectivity index (χ0v) is 12.6. The Hall–Kier alpha value is -1.39. The Morgan fingerprint density at radius 2 is 1.90 bits per heavy atom. The molecule has 0 heterocycles. The first-order valence-corrected chi connectivity index (χ1v) is 7.10. The van der Waals surface area contributed by atoms with Crippen LogP contribution >= 0.6 is 0 Å². The summed E-state index contributed by atoms with van der Waals surface area (Å²) >= 11 is 0. The lowest BCUT2D eigenvalue weighted by molar-refractivity contribution is -0.122. The standard InChI is InChI=1S/C16H26N2O2/c1-16(2,3)17-10-9-15(20)18-14(12-19)11-13-7-5-4-6-8-13/h4-8,14,17,19H,9-12H2,1-3H3,(H,18,20)/t14-/m0/s1. The average molecular weight is 278 g/mol. The van der Waals surface area contributed by atoms with E-state index in [1.54, 1.807) is 0 Å². The molecule has 0 spiro atoms. The van der Waals surface area contributed by atoms with Gasteiger partial charge in [-0.15, -0.1) is 0 Å². The van der Waals surface area contributed by atoms with Gasteiger partial charge >= 0.3 is 0 Å². The second-order valence-corrected chi connectivity index (χ2v) is 6.06. The molecule has 1 atom stereocenters. The summed E-state index contributed by atoms with van der Waals surface area (Å²) in [5, 5.41) is 15.5. The molecule has 0 saturated carbocycles. The fraction of sp³-hybridized carbons (Fsp3) is 0.562. The summed E-state index contributed by atoms with van der Waals surface area (Å²) in [6.07, 6.45) is 1.07. The molecule has 0 fully saturated rings. The van der Waals surface area contributed by atoms with Gasteiger partial charge in [0.1, 0.15) is 0 Å². The first-order chi connectivity index (χ1) is 9.40. The summed E-state index contributed by atoms with van der Waals surface area (Å²) in [4.78, 5) is 11.8. The highest BCUT2D eigenvalue weighted by Gasteiger charge is 2.13. The molecule has 112 valence electrons. The van der Waals surface area contributed by atoms with Gasteiger partial charge < -0.3 is 15.7 Å². The summed E-state index contributed by atoms with van der Waals surface area (Å²) in [7, 11) is 0. The maximum atomic E-state index is 11.8. The maximum absolute atomic E-state index is 11.8. The lowest BCUT2D eigenvalue weighted by Gasteiger charge is -2.21. The Bertz CT molecular complexity index is 399. The van der Waals surface area contributed by atoms with Crippen molar-refractivity contribution >= 4 is 5.91 Å². The molecule has 1 amide bonds. The molecule has 3 N–H and O–H groups in total. The number of benzene rings is 1. The zero-order chi connectivity index (χ0) is 15.0. The van der Waals surface area contributed by atoms with E-state index in [0.717, 1.165) is 5.56 Å². The van der Waals surface area contributed by atoms with Crippen LogP contribution in [0.3, 0.4) is 0 Å². The Kier molecular flexibility index (Phi) is 6.68. The van der Waals surface area contributed by atoms with Crippen LogP contribution in [0.1, 0.15) is 32.8 Å². The predicted octanol–water partition coefficient (Wildman–Crippen LogP) is 1.48. The topological polar surface area (TPSA) is 61.4 Å². The van der Waals surface area contributed by atoms with Crippen LogP contribution in [0.25, 0.3) is 0 Å². The van der Waals surface area contributed by atoms with E-state index in [2.05, 4.69) is 31.4 Å². The fourth-order valence-corrected chi connectivity index (χ4v) is 1.91. The van der Waals surface area contributed by atoms with E-state index in [1.807, 2.05) is 30.3 Å². The van der Waals surface area contributed by atoms with Crippen molar-refractivity contribution in [2.24, 2.45) is 0 Å². The van der Waals surface area contributed by atoms with Crippen molar-refractivity contribution in [1.82, 2.24) is 10.6 Å². The highest BCUT2D eigenvalue weighted by atomic mass is 16.3. The normalized spacial score (nSPS) is 13.0. The molecule has 1 rings (SSSR count). The summed E-state index contributed by atoms with van der Waals surface area (Å²) in [6.45, 7) is 6.79. The van der Waals surface area contributed by atoms with Crippen molar-refractivity contribution < 1.29 is 9.90 Å². The van der Waals surface area contributed by atoms with Gasteiger partial charge in [-0.2, -0.15) is 0 Å². The maximum Gasteiger partial charge on any atom is 0.221 e. The third-order valence-corrected chi connectivity index (χ3v) is 2.92. The summed E-state index contributed by atoms with van der Waals surface area (Å²) in [5.41, 5.74) is 1.13. The highest BCUT2D eigenvalue weighted by Crippen LogP contribution is 2.03. The number of aliphatic hydroxyl groups is 1. The van der Waals surface area contributed by atoms with Crippen molar-refractivity contribution in [2.75, 3.05) is 13.2 Å². The van der Waals surface area contributed by atoms with Crippen LogP contribution in [-0.2, 0) is 11.2 Å². The molecule has 1 aromatic rings. The van der Waals surface area contributed by atoms with E-state index < -0.39 is 0 Å². The van der Waals surface area contributed by atoms with Crippen molar-refractivity contribution in [2.45, 2.75) is 45.2 Å². The van der Waals surface area contributed by atoms with Crippen LogP contribution in [0.5, 0.6) is 0 Å². The van der Waals surface area contributed by atoms with E-state index in [0.29, 0.717) is 19.4 Å². The van der Waals surface area contributed by atoms with E-state index in [1.165, 1.54) is 0 Å². The summed E-state index contributed by atoms with van der Waals surface area (Å²) < 4.78 is 0. The molecule has 1 aromatic carbocycles. The second kappa shape index (κ2) is 8.02. The van der Waals surface area contributed by atoms with E-state index in [9.17, 15) is 9.90 Å². The number of amides is 1. The minimum atomic E-state index is -0.223. The van der Waals surface area contributed by atoms with Gasteiger partial charge in [0, 0.05) is 18.5 Å². The molecular formula is C16H26N2O2. The van der Waals surface area contributed by atoms with Gasteiger partial charge in [0.25, 0.3) is 0 Å². The number of aliphatic hydroxyl groups excluding tert-OH is 1. The number of nitrogens with one attached hydrogen (secondary N) is 2. The van der Waals surface area contributed by atoms with Crippen LogP contribution in [0.4, 0.5) is 0 Å². The van der Waals surface area contributed by atoms with Crippen LogP contribution in [0.2, 0.25) is 0 Å². The molecule has 0 saturated heterocycles. The Morgan fingerprint density at radius 1 is 1.25 bits per heavy atom. The molecule has 20 heavy (non-hydrogen) atoms. The summed E-state index contributed by atoms with van der Waals surface area (Å²) in [5.74, 6) is -0.0308. The minimum Gasteiger partial charge on any atom is -0.394 e. The molecular weight excluding hydrogens is 252 g/mol. The Morgan fingerprint density at radius 3 is 2.45 bits per heavy atom. The average Bonchev–Trinajstić information content (AvgIpc) is 2.37. The number of hydrogen-bond donors (Lipinski definition) is 3. The second-order valence-electron chi connectivity index (χ2n) is 6.06. The Labute approximate surface area is 121 Å². The molecule has 0 bridgehead atoms. The van der Waals surface area contributed by atoms with Crippen LogP contribution in [0, 0.1) is 0 Å². The molecule has 0 radical (unpaired) electrons. The number of hydrogen-bond acceptors (Lipinski definition) is 3. The van der Waals surface area contributed by atoms with Crippen LogP contribution < -0.4 is 10.6 Å². The van der Waals surface area contributed by atoms with Gasteiger partial charge in [0.05, 0.1) is 12.6 Å². The van der Waals surface area contributed by atoms with Crippen LogP contribution in [-0.4, -0.2) is 35.7 Å².